The average Bonchev–Trinajstić information content (AvgIpc) is 3.05. The number of benzene rings is 1. The van der Waals surface area contributed by atoms with Crippen molar-refractivity contribution < 1.29 is 27.2 Å². The molecule has 1 saturated heterocycles. The molecule has 1 aliphatic rings. The number of halogens is 4. The van der Waals surface area contributed by atoms with Crippen molar-refractivity contribution >= 4 is 29.6 Å². The number of furan rings is 1. The van der Waals surface area contributed by atoms with Gasteiger partial charge in [-0.3, -0.25) is 10.1 Å². The minimum absolute atomic E-state index is 0.0314. The number of urea groups is 1. The van der Waals surface area contributed by atoms with E-state index in [2.05, 4.69) is 5.32 Å². The van der Waals surface area contributed by atoms with Crippen LogP contribution in [0.15, 0.2) is 40.4 Å². The summed E-state index contributed by atoms with van der Waals surface area (Å²) in [4.78, 5) is 22.4. The van der Waals surface area contributed by atoms with Crippen LogP contribution >= 0.6 is 11.6 Å². The first-order chi connectivity index (χ1) is 11.2. The number of hydrogen-bond donors (Lipinski definition) is 2. The Morgan fingerprint density at radius 3 is 2.46 bits per heavy atom. The van der Waals surface area contributed by atoms with Crippen LogP contribution in [0, 0.1) is 0 Å². The Labute approximate surface area is 138 Å². The molecule has 1 aromatic heterocycles. The molecule has 2 aromatic rings. The zero-order valence-corrected chi connectivity index (χ0v) is 12.5. The van der Waals surface area contributed by atoms with Gasteiger partial charge in [-0.15, -0.1) is 0 Å². The Balaban J connectivity index is 1.95. The average molecular weight is 357 g/mol. The van der Waals surface area contributed by atoms with Gasteiger partial charge in [0.05, 0.1) is 10.6 Å². The molecule has 124 valence electrons. The van der Waals surface area contributed by atoms with E-state index in [9.17, 15) is 22.8 Å². The summed E-state index contributed by atoms with van der Waals surface area (Å²) < 4.78 is 43.8. The Morgan fingerprint density at radius 2 is 1.83 bits per heavy atom. The summed E-state index contributed by atoms with van der Waals surface area (Å²) in [6.07, 6.45) is -3.26. The van der Waals surface area contributed by atoms with Crippen molar-refractivity contribution in [3.8, 4) is 11.3 Å². The number of amides is 3. The number of imide groups is 1. The highest BCUT2D eigenvalue weighted by Crippen LogP contribution is 2.36. The number of rotatable bonds is 2. The lowest BCUT2D eigenvalue weighted by Gasteiger charge is -2.09. The van der Waals surface area contributed by atoms with E-state index >= 15 is 0 Å². The maximum Gasteiger partial charge on any atom is 0.416 e. The Bertz CT molecular complexity index is 871. The van der Waals surface area contributed by atoms with Gasteiger partial charge in [-0.2, -0.15) is 13.2 Å². The zero-order chi connectivity index (χ0) is 17.5. The highest BCUT2D eigenvalue weighted by molar-refractivity contribution is 6.33. The summed E-state index contributed by atoms with van der Waals surface area (Å²) in [6, 6.07) is 5.07. The molecular formula is C15H8ClF3N2O3. The molecule has 24 heavy (non-hydrogen) atoms. The standard InChI is InChI=1S/C15H8ClF3N2O3/c16-10-3-1-7(15(17,18)19)5-9(10)12-4-2-8(24-12)6-11-13(22)21-14(23)20-11/h1-6H,(H2,20,21,22,23)/b11-6-. The first kappa shape index (κ1) is 16.1. The maximum atomic E-state index is 12.8. The molecule has 9 heteroatoms. The minimum atomic E-state index is -4.51. The second-order valence-corrected chi connectivity index (χ2v) is 5.27. The summed E-state index contributed by atoms with van der Waals surface area (Å²) >= 11 is 5.94. The molecule has 3 amide bonds. The lowest BCUT2D eigenvalue weighted by Crippen LogP contribution is -2.22. The van der Waals surface area contributed by atoms with Gasteiger partial charge in [0.2, 0.25) is 0 Å². The van der Waals surface area contributed by atoms with Crippen molar-refractivity contribution in [2.75, 3.05) is 0 Å². The van der Waals surface area contributed by atoms with Gasteiger partial charge in [-0.25, -0.2) is 4.79 Å². The molecule has 1 fully saturated rings. The normalized spacial score (nSPS) is 16.4. The third-order valence-corrected chi connectivity index (χ3v) is 3.52. The third-order valence-electron chi connectivity index (χ3n) is 3.19. The Morgan fingerprint density at radius 1 is 1.08 bits per heavy atom. The van der Waals surface area contributed by atoms with E-state index in [1.807, 2.05) is 5.32 Å². The van der Waals surface area contributed by atoms with Crippen LogP contribution < -0.4 is 10.6 Å². The van der Waals surface area contributed by atoms with Crippen molar-refractivity contribution in [2.45, 2.75) is 6.18 Å². The topological polar surface area (TPSA) is 71.3 Å². The molecule has 0 bridgehead atoms. The second-order valence-electron chi connectivity index (χ2n) is 4.86. The van der Waals surface area contributed by atoms with E-state index in [-0.39, 0.29) is 27.8 Å². The van der Waals surface area contributed by atoms with E-state index < -0.39 is 23.7 Å². The van der Waals surface area contributed by atoms with Crippen LogP contribution in [0.3, 0.4) is 0 Å². The second kappa shape index (κ2) is 5.72. The highest BCUT2D eigenvalue weighted by Gasteiger charge is 2.31. The van der Waals surface area contributed by atoms with E-state index in [4.69, 9.17) is 16.0 Å². The molecule has 3 rings (SSSR count). The van der Waals surface area contributed by atoms with Crippen LogP contribution in [0.2, 0.25) is 5.02 Å². The van der Waals surface area contributed by atoms with Crippen LogP contribution in [0.4, 0.5) is 18.0 Å². The number of alkyl halides is 3. The van der Waals surface area contributed by atoms with Gasteiger partial charge in [0.15, 0.2) is 0 Å². The van der Waals surface area contributed by atoms with Crippen molar-refractivity contribution in [1.29, 1.82) is 0 Å². The predicted molar refractivity (Wildman–Crippen MR) is 78.8 cm³/mol. The fourth-order valence-electron chi connectivity index (χ4n) is 2.09. The maximum absolute atomic E-state index is 12.8. The first-order valence-corrected chi connectivity index (χ1v) is 6.93. The summed E-state index contributed by atoms with van der Waals surface area (Å²) in [7, 11) is 0. The van der Waals surface area contributed by atoms with E-state index in [1.165, 1.54) is 18.2 Å². The van der Waals surface area contributed by atoms with Crippen LogP contribution in [0.5, 0.6) is 0 Å². The lowest BCUT2D eigenvalue weighted by atomic mass is 10.1. The molecule has 1 aliphatic heterocycles. The summed E-state index contributed by atoms with van der Waals surface area (Å²) in [5.41, 5.74) is -0.826. The molecular weight excluding hydrogens is 349 g/mol. The van der Waals surface area contributed by atoms with Gasteiger partial charge in [0.1, 0.15) is 17.2 Å². The van der Waals surface area contributed by atoms with Crippen LogP contribution in [0.25, 0.3) is 17.4 Å². The van der Waals surface area contributed by atoms with E-state index in [1.54, 1.807) is 0 Å². The van der Waals surface area contributed by atoms with Crippen molar-refractivity contribution in [3.63, 3.8) is 0 Å². The third kappa shape index (κ3) is 3.13. The number of carbonyl (C=O) groups excluding carboxylic acids is 2. The molecule has 5 nitrogen and oxygen atoms in total. The minimum Gasteiger partial charge on any atom is -0.457 e. The van der Waals surface area contributed by atoms with Crippen LogP contribution in [-0.2, 0) is 11.0 Å². The van der Waals surface area contributed by atoms with Gasteiger partial charge in [-0.05, 0) is 30.3 Å². The quantitative estimate of drug-likeness (QED) is 0.635. The predicted octanol–water partition coefficient (Wildman–Crippen LogP) is 3.80. The van der Waals surface area contributed by atoms with Crippen molar-refractivity contribution in [2.24, 2.45) is 0 Å². The van der Waals surface area contributed by atoms with Gasteiger partial charge < -0.3 is 9.73 Å². The van der Waals surface area contributed by atoms with Crippen molar-refractivity contribution in [3.05, 3.63) is 52.4 Å². The Hall–Kier alpha value is -2.74. The van der Waals surface area contributed by atoms with Gasteiger partial charge in [0.25, 0.3) is 5.91 Å². The fraction of sp³-hybridized carbons (Fsp3) is 0.0667. The SMILES string of the molecule is O=C1NC(=O)/C(=C/c2ccc(-c3cc(C(F)(F)F)ccc3Cl)o2)N1. The highest BCUT2D eigenvalue weighted by atomic mass is 35.5. The molecule has 0 radical (unpaired) electrons. The van der Waals surface area contributed by atoms with Gasteiger partial charge in [0, 0.05) is 11.6 Å². The van der Waals surface area contributed by atoms with Crippen LogP contribution in [-0.4, -0.2) is 11.9 Å². The van der Waals surface area contributed by atoms with Crippen LogP contribution in [0.1, 0.15) is 11.3 Å². The molecule has 0 saturated carbocycles. The van der Waals surface area contributed by atoms with Gasteiger partial charge in [-0.1, -0.05) is 11.6 Å². The molecule has 1 aromatic carbocycles. The first-order valence-electron chi connectivity index (χ1n) is 6.55. The molecule has 0 aliphatic carbocycles. The molecule has 0 unspecified atom stereocenters. The molecule has 0 spiro atoms. The fourth-order valence-corrected chi connectivity index (χ4v) is 2.30. The largest absolute Gasteiger partial charge is 0.457 e. The monoisotopic (exact) mass is 356 g/mol. The summed E-state index contributed by atoms with van der Waals surface area (Å²) in [5, 5.41) is 4.37. The number of nitrogens with one attached hydrogen (secondary N) is 2. The summed E-state index contributed by atoms with van der Waals surface area (Å²) in [5.74, 6) is -0.358. The molecule has 0 atom stereocenters. The Kier molecular flexibility index (Phi) is 3.84. The molecule has 2 heterocycles. The summed E-state index contributed by atoms with van der Waals surface area (Å²) in [6.45, 7) is 0. The van der Waals surface area contributed by atoms with E-state index in [0.29, 0.717) is 0 Å². The van der Waals surface area contributed by atoms with Gasteiger partial charge >= 0.3 is 12.2 Å². The van der Waals surface area contributed by atoms with E-state index in [0.717, 1.165) is 18.2 Å². The number of hydrogen-bond acceptors (Lipinski definition) is 3. The molecule has 2 N–H and O–H groups in total. The van der Waals surface area contributed by atoms with Crippen molar-refractivity contribution in [1.82, 2.24) is 10.6 Å². The zero-order valence-electron chi connectivity index (χ0n) is 11.7. The smallest absolute Gasteiger partial charge is 0.416 e. The lowest BCUT2D eigenvalue weighted by molar-refractivity contribution is -0.137. The number of carbonyl (C=O) groups is 2.